The van der Waals surface area contributed by atoms with Gasteiger partial charge in [-0.2, -0.15) is 0 Å². The first-order valence-corrected chi connectivity index (χ1v) is 4.46. The van der Waals surface area contributed by atoms with E-state index < -0.39 is 0 Å². The highest BCUT2D eigenvalue weighted by Gasteiger charge is 2.34. The third kappa shape index (κ3) is 1.52. The molecule has 3 unspecified atom stereocenters. The van der Waals surface area contributed by atoms with E-state index >= 15 is 0 Å². The molecule has 1 fully saturated rings. The lowest BCUT2D eigenvalue weighted by Crippen LogP contribution is -2.39. The Morgan fingerprint density at radius 1 is 1.43 bits per heavy atom. The summed E-state index contributed by atoms with van der Waals surface area (Å²) in [5.41, 5.74) is 12.3. The number of carbonyl (C=O) groups excluding carboxylic acids is 1. The Hall–Kier alpha value is -1.30. The lowest BCUT2D eigenvalue weighted by Gasteiger charge is -2.13. The van der Waals surface area contributed by atoms with Crippen LogP contribution in [0.5, 0.6) is 0 Å². The molecule has 0 aromatic carbocycles. The van der Waals surface area contributed by atoms with E-state index in [0.717, 1.165) is 12.0 Å². The van der Waals surface area contributed by atoms with Crippen molar-refractivity contribution in [1.82, 2.24) is 15.8 Å². The van der Waals surface area contributed by atoms with E-state index in [1.807, 2.05) is 18.2 Å². The van der Waals surface area contributed by atoms with Crippen LogP contribution in [-0.4, -0.2) is 17.4 Å². The molecule has 2 rings (SSSR count). The molecule has 74 valence electrons. The van der Waals surface area contributed by atoms with E-state index in [0.29, 0.717) is 0 Å². The maximum atomic E-state index is 10.8. The van der Waals surface area contributed by atoms with Crippen LogP contribution >= 0.6 is 0 Å². The molecule has 1 aromatic rings. The van der Waals surface area contributed by atoms with Crippen molar-refractivity contribution in [2.45, 2.75) is 12.2 Å². The second-order valence-electron chi connectivity index (χ2n) is 3.26. The molecule has 14 heavy (non-hydrogen) atoms. The fourth-order valence-corrected chi connectivity index (χ4v) is 1.58. The van der Waals surface area contributed by atoms with Crippen LogP contribution in [0.1, 0.15) is 11.7 Å². The van der Waals surface area contributed by atoms with Crippen molar-refractivity contribution < 1.29 is 4.79 Å². The van der Waals surface area contributed by atoms with Crippen LogP contribution in [0.15, 0.2) is 24.4 Å². The molecule has 0 amide bonds. The Kier molecular flexibility index (Phi) is 2.53. The quantitative estimate of drug-likeness (QED) is 0.541. The minimum Gasteiger partial charge on any atom is -0.314 e. The number of nitrogens with two attached hydrogens (primary N) is 1. The van der Waals surface area contributed by atoms with Crippen molar-refractivity contribution in [1.29, 1.82) is 0 Å². The molecular formula is C9H12N4O. The standard InChI is InChI=1S/C9H12N4O/c10-9-6(5-14)8(12-13-9)7-3-1-2-4-11-7/h1-6,8-9,12-13H,10H2. The largest absolute Gasteiger partial charge is 0.314 e. The SMILES string of the molecule is NC1NNC(c2ccccn2)C1C=O. The van der Waals surface area contributed by atoms with E-state index in [1.54, 1.807) is 6.20 Å². The van der Waals surface area contributed by atoms with Crippen LogP contribution in [-0.2, 0) is 4.79 Å². The van der Waals surface area contributed by atoms with E-state index in [2.05, 4.69) is 15.8 Å². The molecule has 1 aromatic heterocycles. The van der Waals surface area contributed by atoms with Gasteiger partial charge >= 0.3 is 0 Å². The molecule has 5 nitrogen and oxygen atoms in total. The fourth-order valence-electron chi connectivity index (χ4n) is 1.58. The summed E-state index contributed by atoms with van der Waals surface area (Å²) in [6.45, 7) is 0. The van der Waals surface area contributed by atoms with Gasteiger partial charge in [-0.15, -0.1) is 0 Å². The number of pyridine rings is 1. The summed E-state index contributed by atoms with van der Waals surface area (Å²) in [5, 5.41) is 0. The van der Waals surface area contributed by atoms with Crippen molar-refractivity contribution in [3.05, 3.63) is 30.1 Å². The average Bonchev–Trinajstić information content (AvgIpc) is 2.61. The first kappa shape index (κ1) is 9.26. The predicted octanol–water partition coefficient (Wildman–Crippen LogP) is -0.670. The smallest absolute Gasteiger partial charge is 0.128 e. The molecule has 1 aliphatic rings. The van der Waals surface area contributed by atoms with Gasteiger partial charge in [0.15, 0.2) is 0 Å². The van der Waals surface area contributed by atoms with Gasteiger partial charge in [0.2, 0.25) is 0 Å². The van der Waals surface area contributed by atoms with Crippen LogP contribution in [0.3, 0.4) is 0 Å². The molecular weight excluding hydrogens is 180 g/mol. The maximum Gasteiger partial charge on any atom is 0.128 e. The highest BCUT2D eigenvalue weighted by atomic mass is 16.1. The first-order valence-electron chi connectivity index (χ1n) is 4.46. The molecule has 0 saturated carbocycles. The Bertz CT molecular complexity index is 316. The Labute approximate surface area is 81.7 Å². The summed E-state index contributed by atoms with van der Waals surface area (Å²) in [6, 6.07) is 5.45. The van der Waals surface area contributed by atoms with Gasteiger partial charge in [0.05, 0.1) is 23.8 Å². The van der Waals surface area contributed by atoms with E-state index in [4.69, 9.17) is 5.73 Å². The van der Waals surface area contributed by atoms with E-state index in [-0.39, 0.29) is 18.1 Å². The lowest BCUT2D eigenvalue weighted by molar-refractivity contribution is -0.111. The maximum absolute atomic E-state index is 10.8. The van der Waals surface area contributed by atoms with Gasteiger partial charge in [0.25, 0.3) is 0 Å². The second-order valence-corrected chi connectivity index (χ2v) is 3.26. The number of hydrogen-bond donors (Lipinski definition) is 3. The van der Waals surface area contributed by atoms with Gasteiger partial charge in [0, 0.05) is 6.20 Å². The monoisotopic (exact) mass is 192 g/mol. The number of aldehydes is 1. The zero-order valence-electron chi connectivity index (χ0n) is 7.55. The van der Waals surface area contributed by atoms with E-state index in [1.165, 1.54) is 0 Å². The highest BCUT2D eigenvalue weighted by molar-refractivity contribution is 5.57. The fraction of sp³-hybridized carbons (Fsp3) is 0.333. The van der Waals surface area contributed by atoms with Crippen LogP contribution in [0.2, 0.25) is 0 Å². The molecule has 0 spiro atoms. The number of aromatic nitrogens is 1. The zero-order valence-corrected chi connectivity index (χ0v) is 7.55. The third-order valence-electron chi connectivity index (χ3n) is 2.37. The van der Waals surface area contributed by atoms with Crippen LogP contribution in [0.25, 0.3) is 0 Å². The lowest BCUT2D eigenvalue weighted by atomic mass is 9.98. The molecule has 0 radical (unpaired) electrons. The zero-order chi connectivity index (χ0) is 9.97. The molecule has 3 atom stereocenters. The summed E-state index contributed by atoms with van der Waals surface area (Å²) in [5.74, 6) is -0.273. The van der Waals surface area contributed by atoms with Gasteiger partial charge in [-0.1, -0.05) is 6.07 Å². The van der Waals surface area contributed by atoms with Gasteiger partial charge < -0.3 is 10.5 Å². The number of hydrogen-bond acceptors (Lipinski definition) is 5. The summed E-state index contributed by atoms with van der Waals surface area (Å²) >= 11 is 0. The summed E-state index contributed by atoms with van der Waals surface area (Å²) in [4.78, 5) is 15.0. The number of nitrogens with zero attached hydrogens (tertiary/aromatic N) is 1. The van der Waals surface area contributed by atoms with Gasteiger partial charge in [-0.05, 0) is 12.1 Å². The molecule has 4 N–H and O–H groups in total. The number of rotatable bonds is 2. The van der Waals surface area contributed by atoms with Crippen LogP contribution < -0.4 is 16.6 Å². The Balaban J connectivity index is 2.23. The van der Waals surface area contributed by atoms with Crippen molar-refractivity contribution in [2.24, 2.45) is 11.7 Å². The number of carbonyl (C=O) groups is 1. The van der Waals surface area contributed by atoms with Crippen LogP contribution in [0, 0.1) is 5.92 Å². The molecule has 0 aliphatic carbocycles. The molecule has 2 heterocycles. The molecule has 0 bridgehead atoms. The van der Waals surface area contributed by atoms with Crippen LogP contribution in [0.4, 0.5) is 0 Å². The molecule has 1 saturated heterocycles. The molecule has 5 heteroatoms. The first-order chi connectivity index (χ1) is 6.83. The molecule has 1 aliphatic heterocycles. The normalized spacial score (nSPS) is 31.6. The average molecular weight is 192 g/mol. The van der Waals surface area contributed by atoms with Crippen molar-refractivity contribution in [3.8, 4) is 0 Å². The number of hydrazine groups is 1. The van der Waals surface area contributed by atoms with Gasteiger partial charge in [-0.3, -0.25) is 4.98 Å². The predicted molar refractivity (Wildman–Crippen MR) is 50.8 cm³/mol. The van der Waals surface area contributed by atoms with Crippen molar-refractivity contribution >= 4 is 6.29 Å². The minimum atomic E-state index is -0.348. The van der Waals surface area contributed by atoms with Gasteiger partial charge in [-0.25, -0.2) is 10.9 Å². The summed E-state index contributed by atoms with van der Waals surface area (Å²) in [6.07, 6.45) is 2.21. The number of nitrogens with one attached hydrogen (secondary N) is 2. The van der Waals surface area contributed by atoms with Gasteiger partial charge in [0.1, 0.15) is 6.29 Å². The summed E-state index contributed by atoms with van der Waals surface area (Å²) in [7, 11) is 0. The second kappa shape index (κ2) is 3.83. The third-order valence-corrected chi connectivity index (χ3v) is 2.37. The van der Waals surface area contributed by atoms with E-state index in [9.17, 15) is 4.79 Å². The van der Waals surface area contributed by atoms with Crippen molar-refractivity contribution in [3.63, 3.8) is 0 Å². The Morgan fingerprint density at radius 3 is 2.93 bits per heavy atom. The minimum absolute atomic E-state index is 0.135. The highest BCUT2D eigenvalue weighted by Crippen LogP contribution is 2.23. The van der Waals surface area contributed by atoms with Crippen molar-refractivity contribution in [2.75, 3.05) is 0 Å². The summed E-state index contributed by atoms with van der Waals surface area (Å²) < 4.78 is 0. The topological polar surface area (TPSA) is 80.0 Å². The Morgan fingerprint density at radius 2 is 2.29 bits per heavy atom.